The van der Waals surface area contributed by atoms with E-state index in [9.17, 15) is 14.4 Å². The molecule has 0 heterocycles. The van der Waals surface area contributed by atoms with Crippen LogP contribution >= 0.6 is 0 Å². The summed E-state index contributed by atoms with van der Waals surface area (Å²) in [5.74, 6) is -0.896. The highest BCUT2D eigenvalue weighted by atomic mass is 16.6. The van der Waals surface area contributed by atoms with Crippen molar-refractivity contribution in [1.29, 1.82) is 0 Å². The van der Waals surface area contributed by atoms with Gasteiger partial charge in [-0.05, 0) is 109 Å². The number of esters is 3. The van der Waals surface area contributed by atoms with Gasteiger partial charge in [-0.2, -0.15) is 0 Å². The van der Waals surface area contributed by atoms with E-state index in [0.717, 1.165) is 96.3 Å². The first-order valence-electron chi connectivity index (χ1n) is 29.8. The van der Waals surface area contributed by atoms with E-state index in [2.05, 4.69) is 81.5 Å². The summed E-state index contributed by atoms with van der Waals surface area (Å²) >= 11 is 0. The summed E-state index contributed by atoms with van der Waals surface area (Å²) in [6.07, 6.45) is 72.1. The van der Waals surface area contributed by atoms with Gasteiger partial charge in [-0.25, -0.2) is 0 Å². The van der Waals surface area contributed by atoms with Crippen LogP contribution in [0.5, 0.6) is 0 Å². The highest BCUT2D eigenvalue weighted by molar-refractivity contribution is 5.71. The van der Waals surface area contributed by atoms with Crippen molar-refractivity contribution in [3.8, 4) is 0 Å². The maximum atomic E-state index is 12.8. The molecule has 69 heavy (non-hydrogen) atoms. The van der Waals surface area contributed by atoms with Crippen molar-refractivity contribution in [2.75, 3.05) is 13.2 Å². The van der Waals surface area contributed by atoms with Crippen LogP contribution in [0, 0.1) is 0 Å². The number of unbranched alkanes of at least 4 members (excludes halogenated alkanes) is 33. The molecule has 0 amide bonds. The minimum absolute atomic E-state index is 0.0831. The highest BCUT2D eigenvalue weighted by Gasteiger charge is 2.19. The SMILES string of the molecule is CCCCCCC/C=C\C/C=C\C/C=C\CCCCCCCCCCC(=O)OCC(COC(=O)CCCCCCC/C=C\CCCCCCC)OC(=O)CCCCCCC/C=C\CCCCCCC. The van der Waals surface area contributed by atoms with E-state index in [1.54, 1.807) is 0 Å². The topological polar surface area (TPSA) is 78.9 Å². The predicted molar refractivity (Wildman–Crippen MR) is 298 cm³/mol. The molecule has 0 aliphatic rings. The molecule has 6 nitrogen and oxygen atoms in total. The van der Waals surface area contributed by atoms with Crippen LogP contribution in [-0.2, 0) is 28.6 Å². The molecule has 0 rings (SSSR count). The number of rotatable bonds is 54. The Balaban J connectivity index is 4.34. The van der Waals surface area contributed by atoms with Crippen molar-refractivity contribution in [2.45, 2.75) is 309 Å². The predicted octanol–water partition coefficient (Wildman–Crippen LogP) is 20.0. The molecule has 400 valence electrons. The average molecular weight is 966 g/mol. The molecule has 0 spiro atoms. The molecule has 0 aromatic heterocycles. The first-order chi connectivity index (χ1) is 34.0. The number of allylic oxidation sites excluding steroid dienone is 10. The highest BCUT2D eigenvalue weighted by Crippen LogP contribution is 2.15. The van der Waals surface area contributed by atoms with Crippen LogP contribution in [-0.4, -0.2) is 37.2 Å². The van der Waals surface area contributed by atoms with Gasteiger partial charge in [0.25, 0.3) is 0 Å². The van der Waals surface area contributed by atoms with Gasteiger partial charge in [-0.15, -0.1) is 0 Å². The number of carbonyl (C=O) groups is 3. The fourth-order valence-corrected chi connectivity index (χ4v) is 8.44. The minimum atomic E-state index is -0.785. The lowest BCUT2D eigenvalue weighted by atomic mass is 10.1. The van der Waals surface area contributed by atoms with Crippen LogP contribution in [0.15, 0.2) is 60.8 Å². The molecule has 0 aromatic carbocycles. The van der Waals surface area contributed by atoms with Gasteiger partial charge in [0.15, 0.2) is 6.10 Å². The number of ether oxygens (including phenoxy) is 3. The molecule has 0 aliphatic carbocycles. The number of carbonyl (C=O) groups excluding carboxylic acids is 3. The van der Waals surface area contributed by atoms with Crippen molar-refractivity contribution in [3.63, 3.8) is 0 Å². The van der Waals surface area contributed by atoms with Gasteiger partial charge in [-0.3, -0.25) is 14.4 Å². The zero-order chi connectivity index (χ0) is 50.0. The van der Waals surface area contributed by atoms with E-state index >= 15 is 0 Å². The van der Waals surface area contributed by atoms with E-state index in [4.69, 9.17) is 14.2 Å². The normalized spacial score (nSPS) is 12.4. The van der Waals surface area contributed by atoms with Crippen LogP contribution in [0.2, 0.25) is 0 Å². The van der Waals surface area contributed by atoms with Crippen molar-refractivity contribution >= 4 is 17.9 Å². The first-order valence-corrected chi connectivity index (χ1v) is 29.8. The van der Waals surface area contributed by atoms with Crippen molar-refractivity contribution in [1.82, 2.24) is 0 Å². The van der Waals surface area contributed by atoms with Crippen molar-refractivity contribution in [3.05, 3.63) is 60.8 Å². The third-order valence-corrected chi connectivity index (χ3v) is 13.0. The third-order valence-electron chi connectivity index (χ3n) is 13.0. The second kappa shape index (κ2) is 57.7. The second-order valence-corrected chi connectivity index (χ2v) is 19.9. The lowest BCUT2D eigenvalue weighted by molar-refractivity contribution is -0.167. The molecule has 0 saturated heterocycles. The second-order valence-electron chi connectivity index (χ2n) is 19.9. The van der Waals surface area contributed by atoms with Crippen LogP contribution in [0.25, 0.3) is 0 Å². The molecule has 6 heteroatoms. The average Bonchev–Trinajstić information content (AvgIpc) is 3.35. The molecule has 0 aromatic rings. The first kappa shape index (κ1) is 66.1. The molecule has 0 saturated carbocycles. The molecule has 1 atom stereocenters. The maximum absolute atomic E-state index is 12.8. The largest absolute Gasteiger partial charge is 0.462 e. The van der Waals surface area contributed by atoms with Gasteiger partial charge >= 0.3 is 17.9 Å². The van der Waals surface area contributed by atoms with E-state index in [1.807, 2.05) is 0 Å². The molecular weight excluding hydrogens is 853 g/mol. The zero-order valence-electron chi connectivity index (χ0n) is 45.8. The van der Waals surface area contributed by atoms with Crippen LogP contribution in [0.4, 0.5) is 0 Å². The summed E-state index contributed by atoms with van der Waals surface area (Å²) in [4.78, 5) is 38.2. The molecule has 0 radical (unpaired) electrons. The quantitative estimate of drug-likeness (QED) is 0.0262. The van der Waals surface area contributed by atoms with Gasteiger partial charge < -0.3 is 14.2 Å². The maximum Gasteiger partial charge on any atom is 0.306 e. The van der Waals surface area contributed by atoms with Crippen LogP contribution in [0.1, 0.15) is 303 Å². The Morgan fingerprint density at radius 1 is 0.290 bits per heavy atom. The Bertz CT molecular complexity index is 1250. The summed E-state index contributed by atoms with van der Waals surface area (Å²) in [5.41, 5.74) is 0. The standard InChI is InChI=1S/C63H112O6/c1-4-7-10-13-16-19-22-25-28-29-30-31-32-33-34-35-36-39-41-44-47-50-53-56-62(65)68-59-60(69-63(66)57-54-51-48-45-42-38-27-24-21-18-15-12-9-6-3)58-67-61(64)55-52-49-46-43-40-37-26-23-20-17-14-11-8-5-2/h22-27,29-30,32-33,60H,4-21,28,31,34-59H2,1-3H3/b25-22-,26-23-,27-24-,30-29-,33-32-. The summed E-state index contributed by atoms with van der Waals surface area (Å²) in [6.45, 7) is 6.61. The van der Waals surface area contributed by atoms with Crippen molar-refractivity contribution in [2.24, 2.45) is 0 Å². The fourth-order valence-electron chi connectivity index (χ4n) is 8.44. The van der Waals surface area contributed by atoms with Crippen LogP contribution < -0.4 is 0 Å². The Labute approximate surface area is 428 Å². The molecule has 0 N–H and O–H groups in total. The van der Waals surface area contributed by atoms with E-state index in [-0.39, 0.29) is 31.1 Å². The summed E-state index contributed by atoms with van der Waals surface area (Å²) < 4.78 is 16.9. The minimum Gasteiger partial charge on any atom is -0.462 e. The Morgan fingerprint density at radius 3 is 0.826 bits per heavy atom. The molecule has 0 aliphatic heterocycles. The lowest BCUT2D eigenvalue weighted by Crippen LogP contribution is -2.30. The number of hydrogen-bond donors (Lipinski definition) is 0. The molecule has 0 bridgehead atoms. The zero-order valence-corrected chi connectivity index (χ0v) is 45.8. The van der Waals surface area contributed by atoms with E-state index in [0.29, 0.717) is 19.3 Å². The van der Waals surface area contributed by atoms with Gasteiger partial charge in [0.05, 0.1) is 0 Å². The Kier molecular flexibility index (Phi) is 55.3. The van der Waals surface area contributed by atoms with Gasteiger partial charge in [-0.1, -0.05) is 236 Å². The van der Waals surface area contributed by atoms with E-state index < -0.39 is 6.10 Å². The Hall–Kier alpha value is -2.89. The summed E-state index contributed by atoms with van der Waals surface area (Å²) in [6, 6.07) is 0. The molecule has 0 fully saturated rings. The summed E-state index contributed by atoms with van der Waals surface area (Å²) in [7, 11) is 0. The van der Waals surface area contributed by atoms with E-state index in [1.165, 1.54) is 167 Å². The number of hydrogen-bond acceptors (Lipinski definition) is 6. The fraction of sp³-hybridized carbons (Fsp3) is 0.794. The third kappa shape index (κ3) is 55.9. The lowest BCUT2D eigenvalue weighted by Gasteiger charge is -2.18. The van der Waals surface area contributed by atoms with Crippen LogP contribution in [0.3, 0.4) is 0 Å². The smallest absolute Gasteiger partial charge is 0.306 e. The van der Waals surface area contributed by atoms with Crippen molar-refractivity contribution < 1.29 is 28.6 Å². The van der Waals surface area contributed by atoms with Gasteiger partial charge in [0, 0.05) is 19.3 Å². The molecular formula is C63H112O6. The van der Waals surface area contributed by atoms with Gasteiger partial charge in [0.2, 0.25) is 0 Å². The summed E-state index contributed by atoms with van der Waals surface area (Å²) in [5, 5.41) is 0. The Morgan fingerprint density at radius 2 is 0.522 bits per heavy atom. The monoisotopic (exact) mass is 965 g/mol. The molecule has 1 unspecified atom stereocenters. The van der Waals surface area contributed by atoms with Gasteiger partial charge in [0.1, 0.15) is 13.2 Å².